The average molecular weight is 415 g/mol. The van der Waals surface area contributed by atoms with E-state index < -0.39 is 0 Å². The minimum Gasteiger partial charge on any atom is -0.393 e. The highest BCUT2D eigenvalue weighted by Gasteiger charge is 2.59. The Hall–Kier alpha value is -0.930. The molecule has 0 aromatic heterocycles. The molecule has 30 heavy (non-hydrogen) atoms. The zero-order chi connectivity index (χ0) is 21.8. The first kappa shape index (κ1) is 22.3. The van der Waals surface area contributed by atoms with Crippen LogP contribution in [0.15, 0.2) is 23.3 Å². The van der Waals surface area contributed by atoms with E-state index in [1.807, 2.05) is 13.8 Å². The number of fused-ring (bicyclic) bond motifs is 5. The molecule has 0 aromatic carbocycles. The fourth-order valence-electron chi connectivity index (χ4n) is 8.37. The number of carbonyl (C=O) groups excluding carboxylic acids is 1. The van der Waals surface area contributed by atoms with Gasteiger partial charge in [-0.25, -0.2) is 0 Å². The zero-order valence-electron chi connectivity index (χ0n) is 19.7. The van der Waals surface area contributed by atoms with Crippen molar-refractivity contribution in [2.24, 2.45) is 40.4 Å². The highest BCUT2D eigenvalue weighted by atomic mass is 16.3. The van der Waals surface area contributed by atoms with E-state index in [-0.39, 0.29) is 34.7 Å². The molecule has 4 aliphatic rings. The number of hydrogen-bond acceptors (Lipinski definition) is 3. The monoisotopic (exact) mass is 414 g/mol. The summed E-state index contributed by atoms with van der Waals surface area (Å²) < 4.78 is 0. The molecule has 9 atom stereocenters. The Morgan fingerprint density at radius 1 is 1.17 bits per heavy atom. The van der Waals surface area contributed by atoms with Gasteiger partial charge in [0.05, 0.1) is 12.2 Å². The third-order valence-corrected chi connectivity index (χ3v) is 9.75. The third kappa shape index (κ3) is 3.54. The fourth-order valence-corrected chi connectivity index (χ4v) is 8.37. The van der Waals surface area contributed by atoms with Crippen molar-refractivity contribution in [3.05, 3.63) is 23.3 Å². The molecule has 4 rings (SSSR count). The quantitative estimate of drug-likeness (QED) is 0.474. The molecule has 1 unspecified atom stereocenters. The Balaban J connectivity index is 1.58. The number of aliphatic hydroxyl groups is 2. The summed E-state index contributed by atoms with van der Waals surface area (Å²) in [5.41, 5.74) is 2.97. The molecular weight excluding hydrogens is 372 g/mol. The summed E-state index contributed by atoms with van der Waals surface area (Å²) in [7, 11) is 0. The first-order valence-electron chi connectivity index (χ1n) is 12.3. The molecule has 0 heterocycles. The van der Waals surface area contributed by atoms with E-state index in [0.29, 0.717) is 30.1 Å². The maximum Gasteiger partial charge on any atom is 0.155 e. The van der Waals surface area contributed by atoms with Crippen molar-refractivity contribution in [1.82, 2.24) is 0 Å². The van der Waals surface area contributed by atoms with Crippen LogP contribution in [0.25, 0.3) is 0 Å². The summed E-state index contributed by atoms with van der Waals surface area (Å²) >= 11 is 0. The molecule has 0 saturated heterocycles. The molecule has 0 amide bonds. The van der Waals surface area contributed by atoms with E-state index in [2.05, 4.69) is 26.8 Å². The van der Waals surface area contributed by atoms with Crippen molar-refractivity contribution in [3.63, 3.8) is 0 Å². The molecule has 168 valence electrons. The predicted octanol–water partition coefficient (Wildman–Crippen LogP) is 5.46. The maximum absolute atomic E-state index is 12.4. The van der Waals surface area contributed by atoms with Crippen LogP contribution >= 0.6 is 0 Å². The second kappa shape index (κ2) is 7.89. The van der Waals surface area contributed by atoms with Gasteiger partial charge in [0.2, 0.25) is 0 Å². The highest BCUT2D eigenvalue weighted by Crippen LogP contribution is 2.66. The summed E-state index contributed by atoms with van der Waals surface area (Å²) in [6, 6.07) is 0. The minimum absolute atomic E-state index is 0.0476. The lowest BCUT2D eigenvalue weighted by atomic mass is 9.47. The van der Waals surface area contributed by atoms with Crippen molar-refractivity contribution in [2.75, 3.05) is 0 Å². The summed E-state index contributed by atoms with van der Waals surface area (Å²) in [4.78, 5) is 12.4. The lowest BCUT2D eigenvalue weighted by Gasteiger charge is -2.58. The second-order valence-corrected chi connectivity index (χ2v) is 11.9. The molecule has 3 nitrogen and oxygen atoms in total. The molecule has 0 aliphatic heterocycles. The van der Waals surface area contributed by atoms with Crippen LogP contribution in [0.5, 0.6) is 0 Å². The molecule has 0 spiro atoms. The predicted molar refractivity (Wildman–Crippen MR) is 121 cm³/mol. The Bertz CT molecular complexity index is 747. The number of carbonyl (C=O) groups is 1. The lowest BCUT2D eigenvalue weighted by molar-refractivity contribution is -0.116. The molecule has 0 aromatic rings. The first-order chi connectivity index (χ1) is 14.1. The van der Waals surface area contributed by atoms with Crippen LogP contribution in [0.2, 0.25) is 0 Å². The van der Waals surface area contributed by atoms with E-state index in [1.54, 1.807) is 11.6 Å². The van der Waals surface area contributed by atoms with Crippen LogP contribution in [0.1, 0.15) is 86.0 Å². The molecule has 4 aliphatic carbocycles. The Kier molecular flexibility index (Phi) is 5.85. The highest BCUT2D eigenvalue weighted by molar-refractivity contribution is 5.90. The van der Waals surface area contributed by atoms with Crippen molar-refractivity contribution >= 4 is 5.78 Å². The standard InChI is InChI=1S/C27H42O3/c1-16(2)12-19(29)13-17(3)21-6-7-22-20-15-25(30)24-14-18(28)8-10-27(24,5)23(20)9-11-26(21,22)4/h9,12,17-18,20-22,24-25,28,30H,6-8,10-11,13-15H2,1-5H3/t17?,18-,20-,21+,22-,24+,25-,26+,27+/m0/s1. The Morgan fingerprint density at radius 3 is 2.60 bits per heavy atom. The van der Waals surface area contributed by atoms with Crippen LogP contribution in [0.3, 0.4) is 0 Å². The summed E-state index contributed by atoms with van der Waals surface area (Å²) in [5, 5.41) is 21.3. The SMILES string of the molecule is CC(C)=CC(=O)CC(C)[C@H]1CC[C@H]2[C@@H]3C[C@H](O)[C@H]4C[C@@H](O)CC[C@]4(C)C3=CC[C@]12C. The van der Waals surface area contributed by atoms with E-state index in [0.717, 1.165) is 37.7 Å². The van der Waals surface area contributed by atoms with Gasteiger partial charge in [0, 0.05) is 6.42 Å². The van der Waals surface area contributed by atoms with Gasteiger partial charge in [-0.15, -0.1) is 0 Å². The number of aliphatic hydroxyl groups excluding tert-OH is 2. The summed E-state index contributed by atoms with van der Waals surface area (Å²) in [6.07, 6.45) is 11.4. The normalized spacial score (nSPS) is 46.2. The number of rotatable bonds is 4. The van der Waals surface area contributed by atoms with E-state index >= 15 is 0 Å². The fraction of sp³-hybridized carbons (Fsp3) is 0.815. The van der Waals surface area contributed by atoms with Crippen LogP contribution < -0.4 is 0 Å². The van der Waals surface area contributed by atoms with Crippen molar-refractivity contribution in [1.29, 1.82) is 0 Å². The molecule has 3 heteroatoms. The number of ketones is 1. The third-order valence-electron chi connectivity index (χ3n) is 9.75. The average Bonchev–Trinajstić information content (AvgIpc) is 3.00. The van der Waals surface area contributed by atoms with Gasteiger partial charge in [-0.3, -0.25) is 4.79 Å². The van der Waals surface area contributed by atoms with Gasteiger partial charge >= 0.3 is 0 Å². The number of hydrogen-bond donors (Lipinski definition) is 2. The van der Waals surface area contributed by atoms with Gasteiger partial charge in [-0.2, -0.15) is 0 Å². The van der Waals surface area contributed by atoms with Crippen LogP contribution in [0.4, 0.5) is 0 Å². The molecule has 3 fully saturated rings. The minimum atomic E-state index is -0.301. The van der Waals surface area contributed by atoms with E-state index in [4.69, 9.17) is 0 Å². The summed E-state index contributed by atoms with van der Waals surface area (Å²) in [6.45, 7) is 11.1. The van der Waals surface area contributed by atoms with Gasteiger partial charge in [0.25, 0.3) is 0 Å². The van der Waals surface area contributed by atoms with Crippen LogP contribution in [-0.2, 0) is 4.79 Å². The molecule has 0 bridgehead atoms. The van der Waals surface area contributed by atoms with Gasteiger partial charge in [0.15, 0.2) is 5.78 Å². The maximum atomic E-state index is 12.4. The molecular formula is C27H42O3. The van der Waals surface area contributed by atoms with Gasteiger partial charge < -0.3 is 10.2 Å². The van der Waals surface area contributed by atoms with Crippen LogP contribution in [-0.4, -0.2) is 28.2 Å². The van der Waals surface area contributed by atoms with Gasteiger partial charge in [-0.1, -0.05) is 38.0 Å². The van der Waals surface area contributed by atoms with E-state index in [9.17, 15) is 15.0 Å². The topological polar surface area (TPSA) is 57.5 Å². The lowest BCUT2D eigenvalue weighted by Crippen LogP contribution is -2.53. The summed E-state index contributed by atoms with van der Waals surface area (Å²) in [5.74, 6) is 2.53. The Morgan fingerprint density at radius 2 is 1.90 bits per heavy atom. The van der Waals surface area contributed by atoms with Crippen molar-refractivity contribution in [2.45, 2.75) is 98.2 Å². The smallest absolute Gasteiger partial charge is 0.155 e. The number of allylic oxidation sites excluding steroid dienone is 4. The first-order valence-corrected chi connectivity index (χ1v) is 12.3. The molecule has 3 saturated carbocycles. The van der Waals surface area contributed by atoms with Crippen molar-refractivity contribution < 1.29 is 15.0 Å². The second-order valence-electron chi connectivity index (χ2n) is 11.9. The largest absolute Gasteiger partial charge is 0.393 e. The molecule has 0 radical (unpaired) electrons. The molecule has 2 N–H and O–H groups in total. The van der Waals surface area contributed by atoms with Gasteiger partial charge in [0.1, 0.15) is 0 Å². The Labute approximate surface area is 183 Å². The van der Waals surface area contributed by atoms with Crippen LogP contribution in [0, 0.1) is 40.4 Å². The van der Waals surface area contributed by atoms with E-state index in [1.165, 1.54) is 12.8 Å². The zero-order valence-corrected chi connectivity index (χ0v) is 19.7. The van der Waals surface area contributed by atoms with Gasteiger partial charge in [-0.05, 0) is 105 Å². The van der Waals surface area contributed by atoms with Crippen molar-refractivity contribution in [3.8, 4) is 0 Å².